The molecule has 0 spiro atoms. The van der Waals surface area contributed by atoms with Gasteiger partial charge < -0.3 is 26.2 Å². The number of piperazine rings is 1. The molecule has 0 atom stereocenters. The maximum atomic E-state index is 12.0. The Kier molecular flexibility index (Phi) is 7.63. The van der Waals surface area contributed by atoms with Gasteiger partial charge in [-0.15, -0.1) is 10.2 Å². The molecule has 5 rings (SSSR count). The highest BCUT2D eigenvalue weighted by Crippen LogP contribution is 2.24. The van der Waals surface area contributed by atoms with Crippen LogP contribution in [-0.2, 0) is 11.3 Å². The number of nitrogens with zero attached hydrogens (tertiary/aromatic N) is 5. The van der Waals surface area contributed by atoms with E-state index in [0.717, 1.165) is 54.4 Å². The van der Waals surface area contributed by atoms with Gasteiger partial charge >= 0.3 is 0 Å². The molecule has 0 unspecified atom stereocenters. The summed E-state index contributed by atoms with van der Waals surface area (Å²) in [5.74, 6) is -0.0647. The minimum atomic E-state index is -0.659. The molecule has 4 N–H and O–H groups in total. The summed E-state index contributed by atoms with van der Waals surface area (Å²) in [7, 11) is 0. The van der Waals surface area contributed by atoms with Crippen LogP contribution in [0.3, 0.4) is 0 Å². The standard InChI is InChI=1S/C29H30N8O2/c1-20(38)36-13-15-37(16-14-36)24-10-8-23(9-11-24)33-27-18-26(28(29(30)39)35-34-27)32-19-21-5-4-6-22(17-21)25-7-2-3-12-31-25/h2-12,17-18H,13-16,19H2,1H3,(H2,30,39)(H2,32,33,34). The number of amides is 2. The van der Waals surface area contributed by atoms with E-state index >= 15 is 0 Å². The third kappa shape index (κ3) is 6.30. The number of carbonyl (C=O) groups excluding carboxylic acids is 2. The molecule has 1 aliphatic rings. The molecule has 1 aliphatic heterocycles. The van der Waals surface area contributed by atoms with Crippen molar-refractivity contribution in [2.75, 3.05) is 41.7 Å². The van der Waals surface area contributed by atoms with Gasteiger partial charge in [-0.1, -0.05) is 24.3 Å². The van der Waals surface area contributed by atoms with Crippen LogP contribution in [0.15, 0.2) is 79.0 Å². The Hall–Kier alpha value is -4.99. The lowest BCUT2D eigenvalue weighted by Gasteiger charge is -2.35. The number of primary amides is 1. The van der Waals surface area contributed by atoms with Crippen molar-refractivity contribution < 1.29 is 9.59 Å². The van der Waals surface area contributed by atoms with Gasteiger partial charge in [0.25, 0.3) is 5.91 Å². The van der Waals surface area contributed by atoms with E-state index in [1.807, 2.05) is 65.6 Å². The molecule has 0 aliphatic carbocycles. The van der Waals surface area contributed by atoms with Gasteiger partial charge in [0.1, 0.15) is 0 Å². The van der Waals surface area contributed by atoms with Crippen LogP contribution < -0.4 is 21.3 Å². The highest BCUT2D eigenvalue weighted by molar-refractivity contribution is 5.96. The molecule has 10 heteroatoms. The third-order valence-corrected chi connectivity index (χ3v) is 6.63. The molecular weight excluding hydrogens is 492 g/mol. The number of anilines is 4. The number of carbonyl (C=O) groups is 2. The maximum Gasteiger partial charge on any atom is 0.271 e. The van der Waals surface area contributed by atoms with E-state index in [1.165, 1.54) is 0 Å². The number of aromatic nitrogens is 3. The fourth-order valence-corrected chi connectivity index (χ4v) is 4.52. The van der Waals surface area contributed by atoms with Crippen LogP contribution >= 0.6 is 0 Å². The van der Waals surface area contributed by atoms with Crippen LogP contribution in [0.4, 0.5) is 22.9 Å². The van der Waals surface area contributed by atoms with E-state index in [2.05, 4.69) is 36.8 Å². The Balaban J connectivity index is 1.26. The van der Waals surface area contributed by atoms with Crippen LogP contribution in [0.25, 0.3) is 11.3 Å². The monoisotopic (exact) mass is 522 g/mol. The molecule has 1 fully saturated rings. The van der Waals surface area contributed by atoms with Gasteiger partial charge in [0, 0.05) is 68.8 Å². The Morgan fingerprint density at radius 1 is 0.923 bits per heavy atom. The smallest absolute Gasteiger partial charge is 0.271 e. The lowest BCUT2D eigenvalue weighted by atomic mass is 10.1. The zero-order valence-electron chi connectivity index (χ0n) is 21.7. The predicted octanol–water partition coefficient (Wildman–Crippen LogP) is 3.66. The topological polar surface area (TPSA) is 129 Å². The fourth-order valence-electron chi connectivity index (χ4n) is 4.52. The summed E-state index contributed by atoms with van der Waals surface area (Å²) >= 11 is 0. The van der Waals surface area contributed by atoms with Gasteiger partial charge in [-0.05, 0) is 48.0 Å². The van der Waals surface area contributed by atoms with Crippen molar-refractivity contribution in [3.8, 4) is 11.3 Å². The van der Waals surface area contributed by atoms with E-state index in [0.29, 0.717) is 18.1 Å². The van der Waals surface area contributed by atoms with Crippen LogP contribution in [-0.4, -0.2) is 58.1 Å². The van der Waals surface area contributed by atoms with E-state index in [4.69, 9.17) is 5.73 Å². The lowest BCUT2D eigenvalue weighted by Crippen LogP contribution is -2.48. The zero-order chi connectivity index (χ0) is 27.2. The van der Waals surface area contributed by atoms with Crippen LogP contribution in [0, 0.1) is 0 Å². The number of pyridine rings is 1. The first-order chi connectivity index (χ1) is 19.0. The van der Waals surface area contributed by atoms with Crippen LogP contribution in [0.2, 0.25) is 0 Å². The number of rotatable bonds is 8. The van der Waals surface area contributed by atoms with Crippen molar-refractivity contribution in [3.05, 3.63) is 90.3 Å². The van der Waals surface area contributed by atoms with Gasteiger partial charge in [-0.3, -0.25) is 14.6 Å². The zero-order valence-corrected chi connectivity index (χ0v) is 21.7. The summed E-state index contributed by atoms with van der Waals surface area (Å²) in [6.45, 7) is 5.11. The molecule has 2 aromatic carbocycles. The Morgan fingerprint density at radius 2 is 1.72 bits per heavy atom. The maximum absolute atomic E-state index is 12.0. The highest BCUT2D eigenvalue weighted by Gasteiger charge is 2.19. The summed E-state index contributed by atoms with van der Waals surface area (Å²) in [5, 5.41) is 14.7. The van der Waals surface area contributed by atoms with Crippen molar-refractivity contribution >= 4 is 34.7 Å². The minimum Gasteiger partial charge on any atom is -0.379 e. The minimum absolute atomic E-state index is 0.0708. The molecule has 2 aromatic heterocycles. The summed E-state index contributed by atoms with van der Waals surface area (Å²) in [6, 6.07) is 23.5. The Morgan fingerprint density at radius 3 is 2.41 bits per heavy atom. The first kappa shape index (κ1) is 25.7. The normalized spacial score (nSPS) is 13.2. The molecule has 1 saturated heterocycles. The number of benzene rings is 2. The lowest BCUT2D eigenvalue weighted by molar-refractivity contribution is -0.129. The molecule has 0 radical (unpaired) electrons. The number of nitrogens with one attached hydrogen (secondary N) is 2. The number of nitrogens with two attached hydrogens (primary N) is 1. The van der Waals surface area contributed by atoms with Gasteiger partial charge in [-0.2, -0.15) is 0 Å². The molecule has 10 nitrogen and oxygen atoms in total. The molecular formula is C29H30N8O2. The molecule has 0 saturated carbocycles. The Labute approximate surface area is 226 Å². The molecule has 198 valence electrons. The molecule has 4 aromatic rings. The van der Waals surface area contributed by atoms with Gasteiger partial charge in [0.2, 0.25) is 5.91 Å². The second-order valence-corrected chi connectivity index (χ2v) is 9.29. The van der Waals surface area contributed by atoms with Crippen molar-refractivity contribution in [1.82, 2.24) is 20.1 Å². The third-order valence-electron chi connectivity index (χ3n) is 6.63. The van der Waals surface area contributed by atoms with Gasteiger partial charge in [0.15, 0.2) is 11.5 Å². The first-order valence-corrected chi connectivity index (χ1v) is 12.8. The van der Waals surface area contributed by atoms with E-state index in [-0.39, 0.29) is 11.6 Å². The van der Waals surface area contributed by atoms with Crippen molar-refractivity contribution in [2.24, 2.45) is 5.73 Å². The quantitative estimate of drug-likeness (QED) is 0.320. The first-order valence-electron chi connectivity index (χ1n) is 12.8. The van der Waals surface area contributed by atoms with Gasteiger partial charge in [-0.25, -0.2) is 0 Å². The Bertz CT molecular complexity index is 1450. The molecule has 0 bridgehead atoms. The largest absolute Gasteiger partial charge is 0.379 e. The average molecular weight is 523 g/mol. The second kappa shape index (κ2) is 11.6. The summed E-state index contributed by atoms with van der Waals surface area (Å²) in [4.78, 5) is 32.1. The van der Waals surface area contributed by atoms with Crippen LogP contribution in [0.1, 0.15) is 23.0 Å². The van der Waals surface area contributed by atoms with E-state index in [1.54, 1.807) is 19.2 Å². The van der Waals surface area contributed by atoms with Gasteiger partial charge in [0.05, 0.1) is 11.4 Å². The summed E-state index contributed by atoms with van der Waals surface area (Å²) < 4.78 is 0. The van der Waals surface area contributed by atoms with Crippen molar-refractivity contribution in [2.45, 2.75) is 13.5 Å². The van der Waals surface area contributed by atoms with E-state index < -0.39 is 5.91 Å². The second-order valence-electron chi connectivity index (χ2n) is 9.29. The van der Waals surface area contributed by atoms with Crippen LogP contribution in [0.5, 0.6) is 0 Å². The summed E-state index contributed by atoms with van der Waals surface area (Å²) in [5.41, 5.74) is 10.9. The fraction of sp³-hybridized carbons (Fsp3) is 0.207. The SMILES string of the molecule is CC(=O)N1CCN(c2ccc(Nc3cc(NCc4cccc(-c5ccccn5)c4)c(C(N)=O)nn3)cc2)CC1. The van der Waals surface area contributed by atoms with E-state index in [9.17, 15) is 9.59 Å². The predicted molar refractivity (Wildman–Crippen MR) is 152 cm³/mol. The number of hydrogen-bond acceptors (Lipinski definition) is 8. The molecule has 39 heavy (non-hydrogen) atoms. The van der Waals surface area contributed by atoms with Crippen molar-refractivity contribution in [3.63, 3.8) is 0 Å². The van der Waals surface area contributed by atoms with Crippen molar-refractivity contribution in [1.29, 1.82) is 0 Å². The molecule has 2 amide bonds. The molecule has 3 heterocycles. The highest BCUT2D eigenvalue weighted by atomic mass is 16.2. The summed E-state index contributed by atoms with van der Waals surface area (Å²) in [6.07, 6.45) is 1.76. The average Bonchev–Trinajstić information content (AvgIpc) is 2.97. The number of hydrogen-bond donors (Lipinski definition) is 3.